The fourth-order valence-electron chi connectivity index (χ4n) is 1.77. The van der Waals surface area contributed by atoms with Crippen molar-refractivity contribution in [1.29, 1.82) is 0 Å². The van der Waals surface area contributed by atoms with E-state index in [1.54, 1.807) is 14.0 Å². The molecule has 0 aliphatic rings. The van der Waals surface area contributed by atoms with Gasteiger partial charge >= 0.3 is 0 Å². The van der Waals surface area contributed by atoms with E-state index in [4.69, 9.17) is 0 Å². The zero-order valence-electron chi connectivity index (χ0n) is 10.1. The lowest BCUT2D eigenvalue weighted by atomic mass is 9.91. The van der Waals surface area contributed by atoms with Crippen LogP contribution in [-0.4, -0.2) is 28.2 Å². The molecule has 0 aromatic heterocycles. The summed E-state index contributed by atoms with van der Waals surface area (Å²) in [6.45, 7) is 3.17. The molecule has 2 atom stereocenters. The van der Waals surface area contributed by atoms with Crippen molar-refractivity contribution in [1.82, 2.24) is 5.32 Å². The standard InChI is InChI=1S/C12H17NO4/c1-6(7(2)14)11(13-3)9-4-8(15)5-10(16)12(9)17/h4-6,11,13,15-17H,1-3H3. The van der Waals surface area contributed by atoms with Gasteiger partial charge in [0.05, 0.1) is 0 Å². The van der Waals surface area contributed by atoms with Gasteiger partial charge in [-0.1, -0.05) is 6.92 Å². The second-order valence-electron chi connectivity index (χ2n) is 4.07. The summed E-state index contributed by atoms with van der Waals surface area (Å²) in [7, 11) is 1.64. The van der Waals surface area contributed by atoms with E-state index in [0.717, 1.165) is 6.07 Å². The Bertz CT molecular complexity index is 431. The van der Waals surface area contributed by atoms with Crippen LogP contribution < -0.4 is 5.32 Å². The fourth-order valence-corrected chi connectivity index (χ4v) is 1.77. The summed E-state index contributed by atoms with van der Waals surface area (Å²) in [5.41, 5.74) is 0.299. The molecule has 0 amide bonds. The first kappa shape index (κ1) is 13.3. The van der Waals surface area contributed by atoms with Crippen LogP contribution in [-0.2, 0) is 4.79 Å². The largest absolute Gasteiger partial charge is 0.508 e. The minimum absolute atomic E-state index is 0.0495. The van der Waals surface area contributed by atoms with Crippen molar-refractivity contribution >= 4 is 5.78 Å². The van der Waals surface area contributed by atoms with Crippen LogP contribution in [0.1, 0.15) is 25.5 Å². The van der Waals surface area contributed by atoms with E-state index < -0.39 is 11.8 Å². The number of carbonyl (C=O) groups excluding carboxylic acids is 1. The van der Waals surface area contributed by atoms with E-state index in [-0.39, 0.29) is 23.2 Å². The molecule has 0 bridgehead atoms. The minimum atomic E-state index is -0.467. The molecule has 5 heteroatoms. The predicted molar refractivity (Wildman–Crippen MR) is 63.1 cm³/mol. The van der Waals surface area contributed by atoms with Crippen molar-refractivity contribution < 1.29 is 20.1 Å². The van der Waals surface area contributed by atoms with E-state index >= 15 is 0 Å². The van der Waals surface area contributed by atoms with Gasteiger partial charge < -0.3 is 20.6 Å². The molecule has 94 valence electrons. The lowest BCUT2D eigenvalue weighted by Crippen LogP contribution is -2.27. The Morgan fingerprint density at radius 2 is 1.88 bits per heavy atom. The smallest absolute Gasteiger partial charge is 0.162 e. The normalized spacial score (nSPS) is 14.3. The summed E-state index contributed by atoms with van der Waals surface area (Å²) in [5, 5.41) is 31.5. The molecule has 17 heavy (non-hydrogen) atoms. The van der Waals surface area contributed by atoms with Crippen LogP contribution in [0.2, 0.25) is 0 Å². The highest BCUT2D eigenvalue weighted by Gasteiger charge is 2.25. The third kappa shape index (κ3) is 2.68. The molecule has 0 heterocycles. The number of aromatic hydroxyl groups is 3. The molecule has 0 aliphatic carbocycles. The number of carbonyl (C=O) groups is 1. The van der Waals surface area contributed by atoms with Crippen molar-refractivity contribution in [3.05, 3.63) is 17.7 Å². The topological polar surface area (TPSA) is 89.8 Å². The van der Waals surface area contributed by atoms with Gasteiger partial charge in [0.15, 0.2) is 11.5 Å². The maximum atomic E-state index is 11.4. The first-order chi connectivity index (χ1) is 7.88. The summed E-state index contributed by atoms with van der Waals surface area (Å²) in [5.74, 6) is -1.32. The van der Waals surface area contributed by atoms with E-state index in [2.05, 4.69) is 5.32 Å². The zero-order valence-corrected chi connectivity index (χ0v) is 10.1. The number of nitrogens with one attached hydrogen (secondary N) is 1. The number of phenols is 3. The van der Waals surface area contributed by atoms with Crippen molar-refractivity contribution in [2.45, 2.75) is 19.9 Å². The maximum Gasteiger partial charge on any atom is 0.162 e. The maximum absolute atomic E-state index is 11.4. The van der Waals surface area contributed by atoms with Gasteiger partial charge in [0.1, 0.15) is 11.5 Å². The monoisotopic (exact) mass is 239 g/mol. The average Bonchev–Trinajstić information content (AvgIpc) is 2.25. The van der Waals surface area contributed by atoms with Gasteiger partial charge in [-0.25, -0.2) is 0 Å². The van der Waals surface area contributed by atoms with Gasteiger partial charge in [-0.3, -0.25) is 4.79 Å². The molecule has 1 aromatic carbocycles. The highest BCUT2D eigenvalue weighted by atomic mass is 16.3. The molecule has 0 saturated heterocycles. The van der Waals surface area contributed by atoms with E-state index in [1.165, 1.54) is 13.0 Å². The van der Waals surface area contributed by atoms with Crippen LogP contribution in [0.5, 0.6) is 17.2 Å². The Morgan fingerprint density at radius 3 is 2.35 bits per heavy atom. The first-order valence-corrected chi connectivity index (χ1v) is 5.31. The molecule has 0 saturated carbocycles. The molecular weight excluding hydrogens is 222 g/mol. The van der Waals surface area contributed by atoms with Crippen LogP contribution in [0.3, 0.4) is 0 Å². The lowest BCUT2D eigenvalue weighted by molar-refractivity contribution is -0.121. The van der Waals surface area contributed by atoms with Gasteiger partial charge in [0.25, 0.3) is 0 Å². The molecular formula is C12H17NO4. The summed E-state index contributed by atoms with van der Waals surface area (Å²) in [4.78, 5) is 11.4. The summed E-state index contributed by atoms with van der Waals surface area (Å²) >= 11 is 0. The summed E-state index contributed by atoms with van der Waals surface area (Å²) < 4.78 is 0. The van der Waals surface area contributed by atoms with Gasteiger partial charge in [-0.2, -0.15) is 0 Å². The van der Waals surface area contributed by atoms with Crippen molar-refractivity contribution in [3.63, 3.8) is 0 Å². The quantitative estimate of drug-likeness (QED) is 0.469. The predicted octanol–water partition coefficient (Wildman–Crippen LogP) is 1.29. The number of phenolic OH excluding ortho intramolecular Hbond substituents is 3. The Morgan fingerprint density at radius 1 is 1.29 bits per heavy atom. The number of hydrogen-bond donors (Lipinski definition) is 4. The number of benzene rings is 1. The van der Waals surface area contributed by atoms with E-state index in [0.29, 0.717) is 5.56 Å². The number of Topliss-reactive ketones (excluding diaryl/α,β-unsaturated/α-hetero) is 1. The van der Waals surface area contributed by atoms with E-state index in [1.807, 2.05) is 0 Å². The van der Waals surface area contributed by atoms with Crippen LogP contribution in [0, 0.1) is 5.92 Å². The molecule has 5 nitrogen and oxygen atoms in total. The lowest BCUT2D eigenvalue weighted by Gasteiger charge is -2.23. The SMILES string of the molecule is CNC(c1cc(O)cc(O)c1O)C(C)C(C)=O. The molecule has 1 aromatic rings. The molecule has 0 fully saturated rings. The summed E-state index contributed by atoms with van der Waals surface area (Å²) in [6.07, 6.45) is 0. The molecule has 1 rings (SSSR count). The third-order valence-corrected chi connectivity index (χ3v) is 2.89. The third-order valence-electron chi connectivity index (χ3n) is 2.89. The zero-order chi connectivity index (χ0) is 13.2. The van der Waals surface area contributed by atoms with Gasteiger partial charge in [0, 0.05) is 23.6 Å². The highest BCUT2D eigenvalue weighted by Crippen LogP contribution is 2.39. The molecule has 4 N–H and O–H groups in total. The van der Waals surface area contributed by atoms with Crippen molar-refractivity contribution in [2.24, 2.45) is 5.92 Å². The number of hydrogen-bond acceptors (Lipinski definition) is 5. The molecule has 0 spiro atoms. The van der Waals surface area contributed by atoms with Gasteiger partial charge in [0.2, 0.25) is 0 Å². The average molecular weight is 239 g/mol. The summed E-state index contributed by atoms with van der Waals surface area (Å²) in [6, 6.07) is 1.91. The van der Waals surface area contributed by atoms with Crippen LogP contribution in [0.15, 0.2) is 12.1 Å². The number of rotatable bonds is 4. The van der Waals surface area contributed by atoms with Crippen molar-refractivity contribution in [2.75, 3.05) is 7.05 Å². The van der Waals surface area contributed by atoms with Crippen molar-refractivity contribution in [3.8, 4) is 17.2 Å². The second-order valence-corrected chi connectivity index (χ2v) is 4.07. The number of ketones is 1. The Kier molecular flexibility index (Phi) is 3.96. The second kappa shape index (κ2) is 5.05. The van der Waals surface area contributed by atoms with Gasteiger partial charge in [-0.05, 0) is 20.0 Å². The molecule has 0 radical (unpaired) electrons. The Balaban J connectivity index is 3.25. The molecule has 2 unspecified atom stereocenters. The Hall–Kier alpha value is -1.75. The van der Waals surface area contributed by atoms with Crippen LogP contribution in [0.4, 0.5) is 0 Å². The van der Waals surface area contributed by atoms with Crippen LogP contribution in [0.25, 0.3) is 0 Å². The molecule has 0 aliphatic heterocycles. The van der Waals surface area contributed by atoms with Gasteiger partial charge in [-0.15, -0.1) is 0 Å². The Labute approximate surface area is 99.7 Å². The fraction of sp³-hybridized carbons (Fsp3) is 0.417. The van der Waals surface area contributed by atoms with Crippen LogP contribution >= 0.6 is 0 Å². The highest BCUT2D eigenvalue weighted by molar-refractivity contribution is 5.79. The minimum Gasteiger partial charge on any atom is -0.508 e. The van der Waals surface area contributed by atoms with E-state index in [9.17, 15) is 20.1 Å². The first-order valence-electron chi connectivity index (χ1n) is 5.31.